The molecular formula is C46H56ClN9O7S2. The number of aromatic amines is 1. The number of allylic oxidation sites excluding steroid dienone is 1. The van der Waals surface area contributed by atoms with Crippen LogP contribution in [0.25, 0.3) is 16.6 Å². The van der Waals surface area contributed by atoms with Crippen LogP contribution in [-0.4, -0.2) is 121 Å². The number of anilines is 2. The molecule has 346 valence electrons. The Kier molecular flexibility index (Phi) is 13.7. The normalized spacial score (nSPS) is 18.6. The first kappa shape index (κ1) is 46.2. The molecule has 3 aliphatic rings. The van der Waals surface area contributed by atoms with Gasteiger partial charge in [0.2, 0.25) is 0 Å². The molecule has 2 saturated heterocycles. The second-order valence-corrected chi connectivity index (χ2v) is 22.9. The van der Waals surface area contributed by atoms with E-state index in [1.165, 1.54) is 41.1 Å². The number of nitrogens with one attached hydrogen (secondary N) is 3. The van der Waals surface area contributed by atoms with Crippen molar-refractivity contribution in [2.45, 2.75) is 38.0 Å². The lowest BCUT2D eigenvalue weighted by atomic mass is 9.72. The van der Waals surface area contributed by atoms with E-state index in [9.17, 15) is 27.9 Å². The van der Waals surface area contributed by atoms with Crippen molar-refractivity contribution in [3.05, 3.63) is 117 Å². The third kappa shape index (κ3) is 11.0. The summed E-state index contributed by atoms with van der Waals surface area (Å²) in [6.45, 7) is 10.8. The Morgan fingerprint density at radius 2 is 1.77 bits per heavy atom. The van der Waals surface area contributed by atoms with Crippen LogP contribution in [0.1, 0.15) is 49.0 Å². The maximum Gasteiger partial charge on any atom is 0.293 e. The fraction of sp³-hybridized carbons (Fsp3) is 0.391. The zero-order valence-corrected chi connectivity index (χ0v) is 39.3. The van der Waals surface area contributed by atoms with Gasteiger partial charge in [-0.3, -0.25) is 29.1 Å². The van der Waals surface area contributed by atoms with E-state index in [2.05, 4.69) is 65.0 Å². The lowest BCUT2D eigenvalue weighted by Gasteiger charge is -2.39. The van der Waals surface area contributed by atoms with Gasteiger partial charge in [-0.1, -0.05) is 43.2 Å². The van der Waals surface area contributed by atoms with Crippen molar-refractivity contribution >= 4 is 71.3 Å². The summed E-state index contributed by atoms with van der Waals surface area (Å²) in [5.74, 6) is 0.693. The molecule has 0 bridgehead atoms. The maximum absolute atomic E-state index is 14.0. The van der Waals surface area contributed by atoms with E-state index in [0.717, 1.165) is 61.1 Å². The molecule has 4 N–H and O–H groups in total. The van der Waals surface area contributed by atoms with Gasteiger partial charge in [0.1, 0.15) is 22.8 Å². The van der Waals surface area contributed by atoms with E-state index < -0.39 is 41.5 Å². The predicted octanol–water partition coefficient (Wildman–Crippen LogP) is 7.72. The number of piperazine rings is 1. The summed E-state index contributed by atoms with van der Waals surface area (Å²) in [6, 6.07) is 20.3. The molecule has 65 heavy (non-hydrogen) atoms. The number of nitro benzene ring substituents is 1. The van der Waals surface area contributed by atoms with Gasteiger partial charge in [0.25, 0.3) is 21.6 Å². The number of carbonyl (C=O) groups is 1. The molecular weight excluding hydrogens is 890 g/mol. The van der Waals surface area contributed by atoms with E-state index in [1.807, 2.05) is 18.2 Å². The van der Waals surface area contributed by atoms with Crippen molar-refractivity contribution in [1.82, 2.24) is 24.5 Å². The molecule has 3 aromatic carbocycles. The Labute approximate surface area is 385 Å². The molecule has 16 nitrogen and oxygen atoms in total. The highest BCUT2D eigenvalue weighted by atomic mass is 35.5. The van der Waals surface area contributed by atoms with Crippen LogP contribution >= 0.6 is 11.6 Å². The number of halogens is 1. The monoisotopic (exact) mass is 945 g/mol. The van der Waals surface area contributed by atoms with Crippen LogP contribution in [0.2, 0.25) is 5.02 Å². The molecule has 0 spiro atoms. The molecule has 2 aliphatic heterocycles. The van der Waals surface area contributed by atoms with Gasteiger partial charge in [0.15, 0.2) is 0 Å². The SMILES string of the molecule is CN=[SH]1(O)CCN(CCNc2ccc(S(=O)(=O)NC(=O)c3ccc(N4CCN(CC5=C(c6ccc(Cl)cc6)CC(C)(C)CC5)CC4)cc3Oc3cnc4[nH]ccc4c3)cc2[N+](=O)[O-])CC1. The lowest BCUT2D eigenvalue weighted by molar-refractivity contribution is -0.384. The summed E-state index contributed by atoms with van der Waals surface area (Å²) in [4.78, 5) is 39.3. The standard InChI is InChI=1S/C46H56ClN9O7S2/c1-46(2)14-12-34(40(29-46)32-4-6-35(47)7-5-32)31-54-18-20-55(21-19-54)36-8-10-39(43(27-36)63-37-26-33-13-15-50-44(33)51-30-37)45(57)52-65(61,62)38-9-11-41(42(28-38)56(58)59)49-16-17-53-22-24-64(60,48-3)25-23-53/h4-11,13,15,26-28,30,49,64H,12,14,16-25,29,31H2,1-3H3,(H,48,60)(H,50,51)(H,52,57). The van der Waals surface area contributed by atoms with Crippen molar-refractivity contribution in [3.8, 4) is 11.5 Å². The Morgan fingerprint density at radius 1 is 1.02 bits per heavy atom. The zero-order valence-electron chi connectivity index (χ0n) is 36.8. The van der Waals surface area contributed by atoms with E-state index >= 15 is 0 Å². The van der Waals surface area contributed by atoms with E-state index in [0.29, 0.717) is 62.2 Å². The molecule has 19 heteroatoms. The van der Waals surface area contributed by atoms with Crippen molar-refractivity contribution in [3.63, 3.8) is 0 Å². The number of hydrogen-bond acceptors (Lipinski definition) is 12. The van der Waals surface area contributed by atoms with Gasteiger partial charge in [-0.25, -0.2) is 18.1 Å². The van der Waals surface area contributed by atoms with Gasteiger partial charge in [0.05, 0.1) is 21.6 Å². The summed E-state index contributed by atoms with van der Waals surface area (Å²) in [5, 5.41) is 16.7. The summed E-state index contributed by atoms with van der Waals surface area (Å²) in [6.07, 6.45) is 6.45. The fourth-order valence-corrected chi connectivity index (χ4v) is 11.7. The summed E-state index contributed by atoms with van der Waals surface area (Å²) in [7, 11) is -5.17. The van der Waals surface area contributed by atoms with Crippen LogP contribution in [0.3, 0.4) is 0 Å². The molecule has 5 aromatic rings. The smallest absolute Gasteiger partial charge is 0.293 e. The number of H-pyrrole nitrogens is 1. The Hall–Kier alpha value is -5.37. The Balaban J connectivity index is 0.976. The molecule has 8 rings (SSSR count). The molecule has 1 amide bonds. The number of hydrogen-bond donors (Lipinski definition) is 5. The summed E-state index contributed by atoms with van der Waals surface area (Å²) in [5.41, 5.74) is 5.41. The highest BCUT2D eigenvalue weighted by Crippen LogP contribution is 2.43. The van der Waals surface area contributed by atoms with Crippen molar-refractivity contribution in [2.24, 2.45) is 9.78 Å². The first-order valence-electron chi connectivity index (χ1n) is 21.8. The molecule has 0 radical (unpaired) electrons. The first-order valence-corrected chi connectivity index (χ1v) is 25.7. The summed E-state index contributed by atoms with van der Waals surface area (Å²) < 4.78 is 50.6. The van der Waals surface area contributed by atoms with Crippen molar-refractivity contribution in [2.75, 3.05) is 87.7 Å². The van der Waals surface area contributed by atoms with Gasteiger partial charge in [-0.2, -0.15) is 0 Å². The van der Waals surface area contributed by atoms with Gasteiger partial charge in [-0.05, 0) is 84.3 Å². The molecule has 0 atom stereocenters. The topological polar surface area (TPSA) is 199 Å². The average Bonchev–Trinajstić information content (AvgIpc) is 3.76. The number of thiol groups is 1. The van der Waals surface area contributed by atoms with Gasteiger partial charge in [-0.15, -0.1) is 10.1 Å². The first-order chi connectivity index (χ1) is 31.1. The number of carbonyl (C=O) groups excluding carboxylic acids is 1. The highest BCUT2D eigenvalue weighted by Gasteiger charge is 2.31. The molecule has 0 unspecified atom stereocenters. The minimum absolute atomic E-state index is 0.0503. The molecule has 1 aliphatic carbocycles. The fourth-order valence-electron chi connectivity index (χ4n) is 8.79. The second kappa shape index (κ2) is 19.2. The minimum atomic E-state index is -4.59. The number of rotatable bonds is 14. The number of nitrogens with zero attached hydrogens (tertiary/aromatic N) is 6. The number of aromatic nitrogens is 2. The minimum Gasteiger partial charge on any atom is -0.455 e. The van der Waals surface area contributed by atoms with E-state index in [-0.39, 0.29) is 22.4 Å². The zero-order chi connectivity index (χ0) is 45.9. The lowest BCUT2D eigenvalue weighted by Crippen LogP contribution is -2.47. The van der Waals surface area contributed by atoms with Gasteiger partial charge >= 0.3 is 0 Å². The second-order valence-electron chi connectivity index (χ2n) is 17.7. The van der Waals surface area contributed by atoms with Crippen LogP contribution in [0, 0.1) is 15.5 Å². The van der Waals surface area contributed by atoms with Crippen LogP contribution in [0.4, 0.5) is 17.1 Å². The van der Waals surface area contributed by atoms with Crippen LogP contribution in [0.5, 0.6) is 11.5 Å². The van der Waals surface area contributed by atoms with Crippen molar-refractivity contribution < 1.29 is 27.4 Å². The van der Waals surface area contributed by atoms with Crippen LogP contribution < -0.4 is 19.7 Å². The number of sulfonamides is 1. The Morgan fingerprint density at radius 3 is 2.49 bits per heavy atom. The van der Waals surface area contributed by atoms with E-state index in [4.69, 9.17) is 16.3 Å². The number of benzene rings is 3. The van der Waals surface area contributed by atoms with Gasteiger partial charge < -0.3 is 24.5 Å². The molecule has 2 aromatic heterocycles. The third-order valence-electron chi connectivity index (χ3n) is 12.7. The van der Waals surface area contributed by atoms with Gasteiger partial charge in [0, 0.05) is 112 Å². The highest BCUT2D eigenvalue weighted by molar-refractivity contribution is 8.00. The van der Waals surface area contributed by atoms with Crippen molar-refractivity contribution in [1.29, 1.82) is 0 Å². The van der Waals surface area contributed by atoms with Crippen LogP contribution in [-0.2, 0) is 20.1 Å². The average molecular weight is 947 g/mol. The largest absolute Gasteiger partial charge is 0.455 e. The number of nitro groups is 1. The number of pyridine rings is 1. The third-order valence-corrected chi connectivity index (χ3v) is 16.9. The Bertz CT molecular complexity index is 2780. The molecule has 4 heterocycles. The molecule has 2 fully saturated rings. The maximum atomic E-state index is 14.0. The molecule has 0 saturated carbocycles. The number of ether oxygens (including phenoxy) is 1. The number of fused-ring (bicyclic) bond motifs is 1. The van der Waals surface area contributed by atoms with E-state index in [1.54, 1.807) is 31.4 Å². The summed E-state index contributed by atoms with van der Waals surface area (Å²) >= 11 is 6.24. The quantitative estimate of drug-likeness (QED) is 0.0413. The predicted molar refractivity (Wildman–Crippen MR) is 259 cm³/mol. The number of amides is 1. The van der Waals surface area contributed by atoms with Crippen LogP contribution in [0.15, 0.2) is 100 Å².